The molecule has 0 bridgehead atoms. The van der Waals surface area contributed by atoms with E-state index >= 15 is 0 Å². The predicted molar refractivity (Wildman–Crippen MR) is 115 cm³/mol. The van der Waals surface area contributed by atoms with Crippen molar-refractivity contribution in [2.45, 2.75) is 16.6 Å². The average molecular weight is 463 g/mol. The fourth-order valence-electron chi connectivity index (χ4n) is 2.86. The number of methoxy groups -OCH3 is 1. The highest BCUT2D eigenvalue weighted by Crippen LogP contribution is 2.33. The van der Waals surface area contributed by atoms with Gasteiger partial charge in [0.1, 0.15) is 5.75 Å². The van der Waals surface area contributed by atoms with E-state index in [0.717, 1.165) is 16.7 Å². The zero-order valence-corrected chi connectivity index (χ0v) is 18.3. The van der Waals surface area contributed by atoms with E-state index < -0.39 is 23.7 Å². The molecule has 0 aromatic heterocycles. The number of hydrogen-bond acceptors (Lipinski definition) is 7. The van der Waals surface area contributed by atoms with Crippen LogP contribution in [0, 0.1) is 0 Å². The van der Waals surface area contributed by atoms with E-state index in [1.807, 2.05) is 0 Å². The Hall–Kier alpha value is -3.04. The van der Waals surface area contributed by atoms with Crippen molar-refractivity contribution in [1.29, 1.82) is 0 Å². The van der Waals surface area contributed by atoms with Crippen molar-refractivity contribution < 1.29 is 28.7 Å². The van der Waals surface area contributed by atoms with Crippen LogP contribution in [0.2, 0.25) is 5.02 Å². The number of ether oxygens (including phenoxy) is 2. The Labute approximate surface area is 187 Å². The molecule has 2 aromatic carbocycles. The van der Waals surface area contributed by atoms with Gasteiger partial charge in [0, 0.05) is 24.1 Å². The van der Waals surface area contributed by atoms with Crippen LogP contribution in [0.25, 0.3) is 0 Å². The Kier molecular flexibility index (Phi) is 7.19. The van der Waals surface area contributed by atoms with Crippen LogP contribution in [-0.4, -0.2) is 54.6 Å². The topological polar surface area (TPSA) is 102 Å². The lowest BCUT2D eigenvalue weighted by atomic mass is 10.2. The van der Waals surface area contributed by atoms with Crippen molar-refractivity contribution in [2.75, 3.05) is 26.1 Å². The smallest absolute Gasteiger partial charge is 0.339 e. The Morgan fingerprint density at radius 1 is 1.23 bits per heavy atom. The second-order valence-corrected chi connectivity index (χ2v) is 8.22. The van der Waals surface area contributed by atoms with Crippen LogP contribution in [0.3, 0.4) is 0 Å². The van der Waals surface area contributed by atoms with E-state index in [9.17, 15) is 19.2 Å². The quantitative estimate of drug-likeness (QED) is 0.498. The number of benzene rings is 2. The largest absolute Gasteiger partial charge is 0.495 e. The number of esters is 1. The van der Waals surface area contributed by atoms with Gasteiger partial charge in [0.25, 0.3) is 5.91 Å². The Morgan fingerprint density at radius 2 is 1.97 bits per heavy atom. The van der Waals surface area contributed by atoms with Crippen molar-refractivity contribution in [1.82, 2.24) is 4.90 Å². The lowest BCUT2D eigenvalue weighted by Gasteiger charge is -2.12. The van der Waals surface area contributed by atoms with E-state index in [1.54, 1.807) is 30.3 Å². The highest BCUT2D eigenvalue weighted by atomic mass is 35.5. The lowest BCUT2D eigenvalue weighted by molar-refractivity contribution is -0.136. The van der Waals surface area contributed by atoms with E-state index in [1.165, 1.54) is 26.3 Å². The molecule has 1 saturated heterocycles. The van der Waals surface area contributed by atoms with Crippen molar-refractivity contribution in [3.8, 4) is 5.75 Å². The Bertz CT molecular complexity index is 1040. The van der Waals surface area contributed by atoms with Crippen LogP contribution in [0.15, 0.2) is 47.4 Å². The zero-order valence-electron chi connectivity index (χ0n) is 16.7. The molecule has 2 aromatic rings. The second-order valence-electron chi connectivity index (χ2n) is 6.57. The molecule has 1 unspecified atom stereocenters. The second kappa shape index (κ2) is 9.84. The van der Waals surface area contributed by atoms with Gasteiger partial charge in [-0.25, -0.2) is 4.79 Å². The fourth-order valence-corrected chi connectivity index (χ4v) is 4.34. The van der Waals surface area contributed by atoms with Crippen LogP contribution in [0.1, 0.15) is 16.8 Å². The molecule has 0 aliphatic carbocycles. The molecular weight excluding hydrogens is 444 g/mol. The molecule has 1 aliphatic rings. The molecule has 1 heterocycles. The van der Waals surface area contributed by atoms with Gasteiger partial charge in [0.15, 0.2) is 6.61 Å². The van der Waals surface area contributed by atoms with Gasteiger partial charge in [-0.2, -0.15) is 0 Å². The summed E-state index contributed by atoms with van der Waals surface area (Å²) in [5.41, 5.74) is 0.638. The first-order chi connectivity index (χ1) is 14.8. The Morgan fingerprint density at radius 3 is 2.61 bits per heavy atom. The van der Waals surface area contributed by atoms with Gasteiger partial charge < -0.3 is 14.8 Å². The predicted octanol–water partition coefficient (Wildman–Crippen LogP) is 2.99. The van der Waals surface area contributed by atoms with Crippen LogP contribution < -0.4 is 10.1 Å². The number of amides is 3. The zero-order chi connectivity index (χ0) is 22.5. The first kappa shape index (κ1) is 22.6. The van der Waals surface area contributed by atoms with E-state index in [2.05, 4.69) is 5.32 Å². The maximum atomic E-state index is 12.5. The number of halogens is 1. The maximum absolute atomic E-state index is 12.5. The van der Waals surface area contributed by atoms with Gasteiger partial charge in [0.05, 0.1) is 22.9 Å². The number of hydrogen-bond donors (Lipinski definition) is 1. The van der Waals surface area contributed by atoms with Crippen LogP contribution in [0.4, 0.5) is 5.69 Å². The molecule has 1 fully saturated rings. The third-order valence-corrected chi connectivity index (χ3v) is 6.04. The minimum atomic E-state index is -0.712. The highest BCUT2D eigenvalue weighted by Gasteiger charge is 2.37. The van der Waals surface area contributed by atoms with E-state index in [0.29, 0.717) is 21.4 Å². The molecule has 0 saturated carbocycles. The van der Waals surface area contributed by atoms with E-state index in [4.69, 9.17) is 21.1 Å². The molecule has 1 aliphatic heterocycles. The Balaban J connectivity index is 1.61. The monoisotopic (exact) mass is 462 g/mol. The molecule has 3 rings (SSSR count). The molecule has 31 heavy (non-hydrogen) atoms. The molecule has 10 heteroatoms. The summed E-state index contributed by atoms with van der Waals surface area (Å²) in [6.45, 7) is -0.509. The average Bonchev–Trinajstić information content (AvgIpc) is 2.99. The molecule has 8 nitrogen and oxygen atoms in total. The number of carbonyl (C=O) groups excluding carboxylic acids is 4. The normalized spacial score (nSPS) is 15.7. The first-order valence-corrected chi connectivity index (χ1v) is 10.4. The van der Waals surface area contributed by atoms with Crippen LogP contribution in [-0.2, 0) is 19.1 Å². The summed E-state index contributed by atoms with van der Waals surface area (Å²) in [5.74, 6) is -1.36. The van der Waals surface area contributed by atoms with Gasteiger partial charge in [-0.1, -0.05) is 23.7 Å². The molecule has 0 radical (unpaired) electrons. The van der Waals surface area contributed by atoms with Gasteiger partial charge in [-0.3, -0.25) is 19.3 Å². The van der Waals surface area contributed by atoms with Crippen LogP contribution in [0.5, 0.6) is 5.75 Å². The summed E-state index contributed by atoms with van der Waals surface area (Å²) >= 11 is 7.15. The number of carbonyl (C=O) groups is 4. The van der Waals surface area contributed by atoms with E-state index in [-0.39, 0.29) is 23.8 Å². The first-order valence-electron chi connectivity index (χ1n) is 9.16. The van der Waals surface area contributed by atoms with Gasteiger partial charge >= 0.3 is 5.97 Å². The number of likely N-dealkylation sites (tertiary alicyclic amines) is 1. The van der Waals surface area contributed by atoms with Gasteiger partial charge in [0.2, 0.25) is 11.8 Å². The number of nitrogens with zero attached hydrogens (tertiary/aromatic N) is 1. The SMILES string of the molecule is COc1ccc(NC(=O)COC(=O)c2ccccc2SC2CC(=O)N(C)C2=O)cc1Cl. The van der Waals surface area contributed by atoms with Crippen molar-refractivity contribution in [3.05, 3.63) is 53.1 Å². The number of anilines is 1. The molecule has 0 spiro atoms. The number of imide groups is 1. The third kappa shape index (κ3) is 5.36. The third-order valence-electron chi connectivity index (χ3n) is 4.49. The van der Waals surface area contributed by atoms with Crippen molar-refractivity contribution in [2.24, 2.45) is 0 Å². The minimum absolute atomic E-state index is 0.0657. The number of nitrogens with one attached hydrogen (secondary N) is 1. The minimum Gasteiger partial charge on any atom is -0.495 e. The molecule has 162 valence electrons. The fraction of sp³-hybridized carbons (Fsp3) is 0.238. The van der Waals surface area contributed by atoms with Crippen molar-refractivity contribution in [3.63, 3.8) is 0 Å². The summed E-state index contributed by atoms with van der Waals surface area (Å²) in [6, 6.07) is 11.3. The van der Waals surface area contributed by atoms with Gasteiger partial charge in [-0.05, 0) is 30.3 Å². The molecule has 1 N–H and O–H groups in total. The standard InChI is InChI=1S/C21H19ClN2O6S/c1-24-19(26)10-17(20(24)27)31-16-6-4-3-5-13(16)21(28)30-11-18(25)23-12-7-8-15(29-2)14(22)9-12/h3-9,17H,10-11H2,1-2H3,(H,23,25). The highest BCUT2D eigenvalue weighted by molar-refractivity contribution is 8.00. The van der Waals surface area contributed by atoms with Crippen molar-refractivity contribution >= 4 is 52.7 Å². The number of rotatable bonds is 7. The molecule has 3 amide bonds. The summed E-state index contributed by atoms with van der Waals surface area (Å²) < 4.78 is 10.2. The molecular formula is C21H19ClN2O6S. The summed E-state index contributed by atoms with van der Waals surface area (Å²) in [4.78, 5) is 50.1. The number of thioether (sulfide) groups is 1. The van der Waals surface area contributed by atoms with Crippen LogP contribution >= 0.6 is 23.4 Å². The summed E-state index contributed by atoms with van der Waals surface area (Å²) in [6.07, 6.45) is 0.0657. The maximum Gasteiger partial charge on any atom is 0.339 e. The van der Waals surface area contributed by atoms with Gasteiger partial charge in [-0.15, -0.1) is 11.8 Å². The summed E-state index contributed by atoms with van der Waals surface area (Å²) in [5, 5.41) is 2.31. The summed E-state index contributed by atoms with van der Waals surface area (Å²) in [7, 11) is 2.91. The molecule has 1 atom stereocenters. The lowest BCUT2D eigenvalue weighted by Crippen LogP contribution is -2.26.